The summed E-state index contributed by atoms with van der Waals surface area (Å²) in [7, 11) is 0. The van der Waals surface area contributed by atoms with Crippen LogP contribution in [-0.4, -0.2) is 23.2 Å². The zero-order valence-electron chi connectivity index (χ0n) is 6.42. The van der Waals surface area contributed by atoms with Crippen LogP contribution >= 0.6 is 0 Å². The Balaban J connectivity index is 1.90. The van der Waals surface area contributed by atoms with Gasteiger partial charge in [0.05, 0.1) is 0 Å². The van der Waals surface area contributed by atoms with Gasteiger partial charge in [-0.25, -0.2) is 4.98 Å². The zero-order chi connectivity index (χ0) is 7.52. The van der Waals surface area contributed by atoms with Crippen molar-refractivity contribution in [2.75, 3.05) is 13.2 Å². The van der Waals surface area contributed by atoms with Gasteiger partial charge >= 0.3 is 0 Å². The molecule has 0 saturated carbocycles. The Morgan fingerprint density at radius 1 is 1.73 bits per heavy atom. The molecule has 0 amide bonds. The van der Waals surface area contributed by atoms with Crippen LogP contribution in [0.3, 0.4) is 0 Å². The van der Waals surface area contributed by atoms with E-state index in [1.165, 1.54) is 6.42 Å². The molecule has 1 atom stereocenters. The number of hydrogen-bond donors (Lipinski definition) is 1. The smallest absolute Gasteiger partial charge is 0.106 e. The molecular formula is C8H12N2O. The van der Waals surface area contributed by atoms with Gasteiger partial charge in [0.15, 0.2) is 0 Å². The predicted octanol–water partition coefficient (Wildman–Crippen LogP) is 0.989. The maximum absolute atomic E-state index is 5.26. The minimum absolute atomic E-state index is 0.682. The highest BCUT2D eigenvalue weighted by Gasteiger charge is 2.16. The van der Waals surface area contributed by atoms with Crippen LogP contribution in [0.2, 0.25) is 0 Å². The van der Waals surface area contributed by atoms with Crippen molar-refractivity contribution in [2.45, 2.75) is 12.8 Å². The second kappa shape index (κ2) is 3.05. The first-order chi connectivity index (χ1) is 5.45. The van der Waals surface area contributed by atoms with Gasteiger partial charge < -0.3 is 9.72 Å². The molecule has 0 aliphatic carbocycles. The Morgan fingerprint density at radius 3 is 3.36 bits per heavy atom. The van der Waals surface area contributed by atoms with Crippen LogP contribution in [0.1, 0.15) is 12.2 Å². The van der Waals surface area contributed by atoms with Crippen molar-refractivity contribution in [3.05, 3.63) is 18.2 Å². The lowest BCUT2D eigenvalue weighted by atomic mass is 10.1. The highest BCUT2D eigenvalue weighted by atomic mass is 16.5. The summed E-state index contributed by atoms with van der Waals surface area (Å²) < 4.78 is 5.26. The molecule has 2 rings (SSSR count). The van der Waals surface area contributed by atoms with Crippen LogP contribution in [0, 0.1) is 5.92 Å². The number of rotatable bonds is 2. The molecule has 1 aromatic rings. The molecule has 0 aromatic carbocycles. The molecule has 1 aliphatic rings. The molecule has 1 saturated heterocycles. The number of nitrogens with one attached hydrogen (secondary N) is 1. The quantitative estimate of drug-likeness (QED) is 0.686. The number of nitrogens with zero attached hydrogens (tertiary/aromatic N) is 1. The first kappa shape index (κ1) is 6.85. The molecule has 0 radical (unpaired) electrons. The highest BCUT2D eigenvalue weighted by Crippen LogP contribution is 2.15. The monoisotopic (exact) mass is 152 g/mol. The van der Waals surface area contributed by atoms with Crippen LogP contribution in [0.15, 0.2) is 12.4 Å². The fourth-order valence-corrected chi connectivity index (χ4v) is 1.43. The van der Waals surface area contributed by atoms with E-state index in [0.29, 0.717) is 5.92 Å². The topological polar surface area (TPSA) is 37.9 Å². The Labute approximate surface area is 65.8 Å². The normalized spacial score (nSPS) is 24.2. The minimum Gasteiger partial charge on any atom is -0.381 e. The van der Waals surface area contributed by atoms with E-state index in [4.69, 9.17) is 4.74 Å². The fraction of sp³-hybridized carbons (Fsp3) is 0.625. The van der Waals surface area contributed by atoms with E-state index in [1.54, 1.807) is 6.20 Å². The number of imidazole rings is 1. The number of ether oxygens (including phenoxy) is 1. The lowest BCUT2D eigenvalue weighted by Gasteiger charge is -2.02. The summed E-state index contributed by atoms with van der Waals surface area (Å²) in [4.78, 5) is 7.27. The molecular weight excluding hydrogens is 140 g/mol. The average molecular weight is 152 g/mol. The lowest BCUT2D eigenvalue weighted by molar-refractivity contribution is 0.185. The first-order valence-corrected chi connectivity index (χ1v) is 4.01. The van der Waals surface area contributed by atoms with E-state index < -0.39 is 0 Å². The first-order valence-electron chi connectivity index (χ1n) is 4.01. The average Bonchev–Trinajstić information content (AvgIpc) is 2.60. The molecule has 1 fully saturated rings. The van der Waals surface area contributed by atoms with E-state index in [9.17, 15) is 0 Å². The van der Waals surface area contributed by atoms with Crippen molar-refractivity contribution in [2.24, 2.45) is 5.92 Å². The van der Waals surface area contributed by atoms with Gasteiger partial charge in [-0.05, 0) is 12.3 Å². The molecule has 0 spiro atoms. The van der Waals surface area contributed by atoms with Crippen molar-refractivity contribution < 1.29 is 4.74 Å². The summed E-state index contributed by atoms with van der Waals surface area (Å²) in [5.74, 6) is 1.77. The van der Waals surface area contributed by atoms with Crippen molar-refractivity contribution >= 4 is 0 Å². The number of aromatic amines is 1. The van der Waals surface area contributed by atoms with E-state index in [1.807, 2.05) is 6.20 Å². The third-order valence-corrected chi connectivity index (χ3v) is 2.06. The van der Waals surface area contributed by atoms with Crippen molar-refractivity contribution in [1.29, 1.82) is 0 Å². The fourth-order valence-electron chi connectivity index (χ4n) is 1.43. The molecule has 0 bridgehead atoms. The number of H-pyrrole nitrogens is 1. The molecule has 0 unspecified atom stereocenters. The van der Waals surface area contributed by atoms with Gasteiger partial charge in [-0.3, -0.25) is 0 Å². The summed E-state index contributed by atoms with van der Waals surface area (Å²) in [5, 5.41) is 0. The van der Waals surface area contributed by atoms with Crippen LogP contribution in [-0.2, 0) is 11.2 Å². The standard InChI is InChI=1S/C8H12N2O/c1-4-11-6-7(1)5-8-9-2-3-10-8/h2-3,7H,1,4-6H2,(H,9,10)/t7-/m1/s1. The maximum Gasteiger partial charge on any atom is 0.106 e. The Bertz CT molecular complexity index is 202. The summed E-state index contributed by atoms with van der Waals surface area (Å²) in [6.45, 7) is 1.83. The van der Waals surface area contributed by atoms with Gasteiger partial charge in [0.25, 0.3) is 0 Å². The third kappa shape index (κ3) is 1.60. The van der Waals surface area contributed by atoms with Gasteiger partial charge in [0.2, 0.25) is 0 Å². The second-order valence-corrected chi connectivity index (χ2v) is 2.97. The maximum atomic E-state index is 5.26. The molecule has 1 aliphatic heterocycles. The third-order valence-electron chi connectivity index (χ3n) is 2.06. The van der Waals surface area contributed by atoms with E-state index in [-0.39, 0.29) is 0 Å². The molecule has 3 nitrogen and oxygen atoms in total. The number of hydrogen-bond acceptors (Lipinski definition) is 2. The Kier molecular flexibility index (Phi) is 1.90. The minimum atomic E-state index is 0.682. The predicted molar refractivity (Wildman–Crippen MR) is 41.2 cm³/mol. The zero-order valence-corrected chi connectivity index (χ0v) is 6.42. The van der Waals surface area contributed by atoms with Gasteiger partial charge in [0.1, 0.15) is 5.82 Å². The van der Waals surface area contributed by atoms with E-state index in [0.717, 1.165) is 25.5 Å². The van der Waals surface area contributed by atoms with Crippen LogP contribution in [0.4, 0.5) is 0 Å². The van der Waals surface area contributed by atoms with Crippen molar-refractivity contribution in [3.63, 3.8) is 0 Å². The van der Waals surface area contributed by atoms with Crippen LogP contribution in [0.5, 0.6) is 0 Å². The van der Waals surface area contributed by atoms with Crippen molar-refractivity contribution in [3.8, 4) is 0 Å². The lowest BCUT2D eigenvalue weighted by Crippen LogP contribution is -2.04. The molecule has 3 heteroatoms. The Morgan fingerprint density at radius 2 is 2.73 bits per heavy atom. The second-order valence-electron chi connectivity index (χ2n) is 2.97. The summed E-state index contributed by atoms with van der Waals surface area (Å²) in [6.07, 6.45) is 5.88. The molecule has 2 heterocycles. The molecule has 1 aromatic heterocycles. The molecule has 1 N–H and O–H groups in total. The van der Waals surface area contributed by atoms with Crippen LogP contribution < -0.4 is 0 Å². The van der Waals surface area contributed by atoms with E-state index in [2.05, 4.69) is 9.97 Å². The van der Waals surface area contributed by atoms with Gasteiger partial charge in [-0.2, -0.15) is 0 Å². The van der Waals surface area contributed by atoms with E-state index >= 15 is 0 Å². The van der Waals surface area contributed by atoms with Gasteiger partial charge in [-0.15, -0.1) is 0 Å². The molecule has 11 heavy (non-hydrogen) atoms. The Hall–Kier alpha value is -0.830. The summed E-state index contributed by atoms with van der Waals surface area (Å²) >= 11 is 0. The highest BCUT2D eigenvalue weighted by molar-refractivity contribution is 4.89. The SMILES string of the molecule is c1c[nH]c(C[C@H]2CCOC2)n1. The number of aromatic nitrogens is 2. The van der Waals surface area contributed by atoms with Crippen LogP contribution in [0.25, 0.3) is 0 Å². The molecule has 60 valence electrons. The van der Waals surface area contributed by atoms with Crippen molar-refractivity contribution in [1.82, 2.24) is 9.97 Å². The summed E-state index contributed by atoms with van der Waals surface area (Å²) in [5.41, 5.74) is 0. The largest absolute Gasteiger partial charge is 0.381 e. The summed E-state index contributed by atoms with van der Waals surface area (Å²) in [6, 6.07) is 0. The van der Waals surface area contributed by atoms with Gasteiger partial charge in [-0.1, -0.05) is 0 Å². The van der Waals surface area contributed by atoms with Gasteiger partial charge in [0, 0.05) is 32.0 Å².